The standard InChI is InChI=1S/C10H18O/c1-5-7-9(4)10(11)8(3)6-2/h6-8,10-11H,2,5H2,1,3-4H3/b9-7-. The maximum Gasteiger partial charge on any atom is 0.0807 e. The lowest BCUT2D eigenvalue weighted by atomic mass is 9.98. The smallest absolute Gasteiger partial charge is 0.0807 e. The summed E-state index contributed by atoms with van der Waals surface area (Å²) < 4.78 is 0. The summed E-state index contributed by atoms with van der Waals surface area (Å²) in [6.45, 7) is 9.62. The first-order valence-corrected chi connectivity index (χ1v) is 4.10. The topological polar surface area (TPSA) is 20.2 Å². The van der Waals surface area contributed by atoms with Crippen molar-refractivity contribution in [2.24, 2.45) is 5.92 Å². The number of aliphatic hydroxyl groups excluding tert-OH is 1. The molecule has 1 N–H and O–H groups in total. The lowest BCUT2D eigenvalue weighted by molar-refractivity contribution is 0.173. The summed E-state index contributed by atoms with van der Waals surface area (Å²) in [4.78, 5) is 0. The minimum Gasteiger partial charge on any atom is -0.388 e. The molecule has 0 aromatic heterocycles. The largest absolute Gasteiger partial charge is 0.388 e. The van der Waals surface area contributed by atoms with E-state index in [1.807, 2.05) is 19.9 Å². The van der Waals surface area contributed by atoms with Crippen molar-refractivity contribution in [2.75, 3.05) is 0 Å². The zero-order chi connectivity index (χ0) is 8.85. The predicted molar refractivity (Wildman–Crippen MR) is 49.4 cm³/mol. The van der Waals surface area contributed by atoms with Crippen LogP contribution in [0, 0.1) is 5.92 Å². The van der Waals surface area contributed by atoms with Gasteiger partial charge >= 0.3 is 0 Å². The lowest BCUT2D eigenvalue weighted by Gasteiger charge is -2.15. The van der Waals surface area contributed by atoms with Gasteiger partial charge in [0.05, 0.1) is 6.10 Å². The van der Waals surface area contributed by atoms with Crippen molar-refractivity contribution in [1.29, 1.82) is 0 Å². The minimum absolute atomic E-state index is 0.151. The molecule has 0 bridgehead atoms. The molecule has 0 spiro atoms. The zero-order valence-electron chi connectivity index (χ0n) is 7.67. The highest BCUT2D eigenvalue weighted by Gasteiger charge is 2.11. The average Bonchev–Trinajstić information content (AvgIpc) is 2.02. The third-order valence-electron chi connectivity index (χ3n) is 1.86. The maximum atomic E-state index is 9.58. The predicted octanol–water partition coefficient (Wildman–Crippen LogP) is 2.53. The fourth-order valence-corrected chi connectivity index (χ4v) is 0.986. The normalized spacial score (nSPS) is 17.6. The van der Waals surface area contributed by atoms with Crippen LogP contribution in [0.4, 0.5) is 0 Å². The van der Waals surface area contributed by atoms with Crippen LogP contribution in [0.25, 0.3) is 0 Å². The number of hydrogen-bond acceptors (Lipinski definition) is 1. The third kappa shape index (κ3) is 3.38. The molecule has 2 atom stereocenters. The van der Waals surface area contributed by atoms with Crippen LogP contribution >= 0.6 is 0 Å². The van der Waals surface area contributed by atoms with Gasteiger partial charge in [0.15, 0.2) is 0 Å². The zero-order valence-corrected chi connectivity index (χ0v) is 7.67. The van der Waals surface area contributed by atoms with E-state index >= 15 is 0 Å². The monoisotopic (exact) mass is 154 g/mol. The molecule has 0 amide bonds. The molecule has 0 heterocycles. The highest BCUT2D eigenvalue weighted by molar-refractivity contribution is 5.07. The van der Waals surface area contributed by atoms with E-state index in [1.165, 1.54) is 0 Å². The quantitative estimate of drug-likeness (QED) is 0.617. The molecule has 0 saturated carbocycles. The van der Waals surface area contributed by atoms with E-state index in [4.69, 9.17) is 0 Å². The summed E-state index contributed by atoms with van der Waals surface area (Å²) in [6.07, 6.45) is 4.45. The van der Waals surface area contributed by atoms with E-state index in [0.29, 0.717) is 0 Å². The molecule has 0 saturated heterocycles. The number of hydrogen-bond donors (Lipinski definition) is 1. The van der Waals surface area contributed by atoms with Crippen LogP contribution in [0.1, 0.15) is 27.2 Å². The van der Waals surface area contributed by atoms with Crippen LogP contribution in [0.2, 0.25) is 0 Å². The van der Waals surface area contributed by atoms with E-state index in [2.05, 4.69) is 13.5 Å². The fourth-order valence-electron chi connectivity index (χ4n) is 0.986. The van der Waals surface area contributed by atoms with Gasteiger partial charge in [0.25, 0.3) is 0 Å². The lowest BCUT2D eigenvalue weighted by Crippen LogP contribution is -2.16. The van der Waals surface area contributed by atoms with Gasteiger partial charge in [-0.25, -0.2) is 0 Å². The molecular weight excluding hydrogens is 136 g/mol. The molecule has 1 heteroatoms. The molecule has 0 aliphatic rings. The Morgan fingerprint density at radius 3 is 2.55 bits per heavy atom. The number of aliphatic hydroxyl groups is 1. The summed E-state index contributed by atoms with van der Waals surface area (Å²) in [5.41, 5.74) is 1.04. The highest BCUT2D eigenvalue weighted by atomic mass is 16.3. The van der Waals surface area contributed by atoms with Crippen molar-refractivity contribution in [3.8, 4) is 0 Å². The summed E-state index contributed by atoms with van der Waals surface area (Å²) >= 11 is 0. The number of allylic oxidation sites excluding steroid dienone is 1. The molecule has 64 valence electrons. The van der Waals surface area contributed by atoms with Crippen molar-refractivity contribution >= 4 is 0 Å². The Hall–Kier alpha value is -0.560. The van der Waals surface area contributed by atoms with Gasteiger partial charge in [0.2, 0.25) is 0 Å². The van der Waals surface area contributed by atoms with Crippen molar-refractivity contribution < 1.29 is 5.11 Å². The second-order valence-electron chi connectivity index (χ2n) is 2.90. The Morgan fingerprint density at radius 1 is 1.64 bits per heavy atom. The Kier molecular flexibility index (Phi) is 4.88. The van der Waals surface area contributed by atoms with E-state index in [1.54, 1.807) is 6.08 Å². The van der Waals surface area contributed by atoms with Gasteiger partial charge in [-0.3, -0.25) is 0 Å². The van der Waals surface area contributed by atoms with Crippen molar-refractivity contribution in [3.63, 3.8) is 0 Å². The van der Waals surface area contributed by atoms with Crippen molar-refractivity contribution in [3.05, 3.63) is 24.3 Å². The molecule has 0 rings (SSSR count). The second-order valence-corrected chi connectivity index (χ2v) is 2.90. The molecular formula is C10H18O. The molecule has 11 heavy (non-hydrogen) atoms. The van der Waals surface area contributed by atoms with Gasteiger partial charge in [-0.1, -0.05) is 26.0 Å². The van der Waals surface area contributed by atoms with Gasteiger partial charge in [0.1, 0.15) is 0 Å². The molecule has 0 aromatic carbocycles. The summed E-state index contributed by atoms with van der Waals surface area (Å²) in [7, 11) is 0. The van der Waals surface area contributed by atoms with Crippen molar-refractivity contribution in [1.82, 2.24) is 0 Å². The molecule has 2 unspecified atom stereocenters. The van der Waals surface area contributed by atoms with E-state index in [-0.39, 0.29) is 12.0 Å². The average molecular weight is 154 g/mol. The van der Waals surface area contributed by atoms with Crippen LogP contribution in [-0.4, -0.2) is 11.2 Å². The molecule has 0 aliphatic carbocycles. The van der Waals surface area contributed by atoms with E-state index in [0.717, 1.165) is 12.0 Å². The van der Waals surface area contributed by atoms with Gasteiger partial charge in [-0.05, 0) is 18.9 Å². The molecule has 1 nitrogen and oxygen atoms in total. The van der Waals surface area contributed by atoms with Crippen LogP contribution in [-0.2, 0) is 0 Å². The molecule has 0 aliphatic heterocycles. The van der Waals surface area contributed by atoms with E-state index < -0.39 is 0 Å². The first kappa shape index (κ1) is 10.4. The van der Waals surface area contributed by atoms with Crippen LogP contribution in [0.3, 0.4) is 0 Å². The summed E-state index contributed by atoms with van der Waals surface area (Å²) in [5, 5.41) is 9.58. The Bertz CT molecular complexity index is 147. The van der Waals surface area contributed by atoms with Crippen LogP contribution in [0.5, 0.6) is 0 Å². The summed E-state index contributed by atoms with van der Waals surface area (Å²) in [6, 6.07) is 0. The second kappa shape index (κ2) is 5.14. The van der Waals surface area contributed by atoms with Crippen LogP contribution < -0.4 is 0 Å². The van der Waals surface area contributed by atoms with Crippen LogP contribution in [0.15, 0.2) is 24.3 Å². The van der Waals surface area contributed by atoms with Gasteiger partial charge < -0.3 is 5.11 Å². The fraction of sp³-hybridized carbons (Fsp3) is 0.600. The Morgan fingerprint density at radius 2 is 2.18 bits per heavy atom. The van der Waals surface area contributed by atoms with Gasteiger partial charge in [-0.2, -0.15) is 0 Å². The Balaban J connectivity index is 4.11. The minimum atomic E-state index is -0.354. The molecule has 0 aromatic rings. The first-order valence-electron chi connectivity index (χ1n) is 4.10. The van der Waals surface area contributed by atoms with Crippen molar-refractivity contribution in [2.45, 2.75) is 33.3 Å². The Labute approximate surface area is 69.4 Å². The van der Waals surface area contributed by atoms with E-state index in [9.17, 15) is 5.11 Å². The maximum absolute atomic E-state index is 9.58. The number of rotatable bonds is 4. The third-order valence-corrected chi connectivity index (χ3v) is 1.86. The molecule has 0 radical (unpaired) electrons. The van der Waals surface area contributed by atoms with Gasteiger partial charge in [-0.15, -0.1) is 6.58 Å². The molecule has 0 fully saturated rings. The SMILES string of the molecule is C=CC(C)C(O)/C(C)=C\CC. The first-order chi connectivity index (χ1) is 5.13. The highest BCUT2D eigenvalue weighted by Crippen LogP contribution is 2.12. The van der Waals surface area contributed by atoms with Gasteiger partial charge in [0, 0.05) is 5.92 Å². The summed E-state index contributed by atoms with van der Waals surface area (Å²) in [5.74, 6) is 0.151.